The fraction of sp³-hybridized carbons (Fsp3) is 0.500. The van der Waals surface area contributed by atoms with Crippen LogP contribution in [0, 0.1) is 5.92 Å². The molecule has 6 heteroatoms. The Morgan fingerprint density at radius 3 is 2.57 bits per heavy atom. The van der Waals surface area contributed by atoms with Crippen LogP contribution in [0.3, 0.4) is 0 Å². The molecule has 1 saturated carbocycles. The van der Waals surface area contributed by atoms with Gasteiger partial charge in [-0.2, -0.15) is 0 Å². The zero-order chi connectivity index (χ0) is 10.3. The van der Waals surface area contributed by atoms with Crippen LogP contribution < -0.4 is 22.7 Å². The largest absolute Gasteiger partial charge is 0.391 e. The van der Waals surface area contributed by atoms with E-state index < -0.39 is 11.2 Å². The lowest BCUT2D eigenvalue weighted by Gasteiger charge is -2.05. The minimum absolute atomic E-state index is 0.0490. The van der Waals surface area contributed by atoms with Gasteiger partial charge >= 0.3 is 5.69 Å². The molecule has 5 N–H and O–H groups in total. The Morgan fingerprint density at radius 2 is 2.00 bits per heavy atom. The number of nitrogens with one attached hydrogen (secondary N) is 1. The van der Waals surface area contributed by atoms with Crippen LogP contribution in [0.4, 0.5) is 11.5 Å². The molecule has 0 aromatic carbocycles. The van der Waals surface area contributed by atoms with Crippen molar-refractivity contribution in [3.63, 3.8) is 0 Å². The summed E-state index contributed by atoms with van der Waals surface area (Å²) in [6.45, 7) is 0.443. The molecule has 0 saturated heterocycles. The van der Waals surface area contributed by atoms with Crippen LogP contribution in [0.15, 0.2) is 9.59 Å². The molecular weight excluding hydrogens is 184 g/mol. The van der Waals surface area contributed by atoms with Gasteiger partial charge in [-0.1, -0.05) is 0 Å². The van der Waals surface area contributed by atoms with Crippen LogP contribution in [0.2, 0.25) is 0 Å². The quantitative estimate of drug-likeness (QED) is 0.570. The summed E-state index contributed by atoms with van der Waals surface area (Å²) >= 11 is 0. The summed E-state index contributed by atoms with van der Waals surface area (Å²) in [4.78, 5) is 25.2. The number of nitrogens with zero attached hydrogens (tertiary/aromatic N) is 1. The van der Waals surface area contributed by atoms with Crippen molar-refractivity contribution in [1.82, 2.24) is 9.55 Å². The summed E-state index contributed by atoms with van der Waals surface area (Å²) in [7, 11) is 0. The molecule has 1 aliphatic rings. The minimum atomic E-state index is -0.488. The van der Waals surface area contributed by atoms with Crippen LogP contribution >= 0.6 is 0 Å². The van der Waals surface area contributed by atoms with Crippen molar-refractivity contribution >= 4 is 11.5 Å². The summed E-state index contributed by atoms with van der Waals surface area (Å²) in [6.07, 6.45) is 2.13. The van der Waals surface area contributed by atoms with Crippen LogP contribution in [-0.2, 0) is 6.54 Å². The molecule has 0 unspecified atom stereocenters. The maximum atomic E-state index is 11.5. The van der Waals surface area contributed by atoms with E-state index in [0.717, 1.165) is 17.4 Å². The molecule has 0 atom stereocenters. The predicted octanol–water partition coefficient (Wildman–Crippen LogP) is -0.889. The maximum Gasteiger partial charge on any atom is 0.330 e. The topological polar surface area (TPSA) is 107 Å². The number of hydrogen-bond acceptors (Lipinski definition) is 4. The Labute approximate surface area is 79.5 Å². The Balaban J connectivity index is 2.52. The maximum absolute atomic E-state index is 11.5. The van der Waals surface area contributed by atoms with Crippen molar-refractivity contribution < 1.29 is 0 Å². The zero-order valence-electron chi connectivity index (χ0n) is 7.62. The van der Waals surface area contributed by atoms with E-state index in [0.29, 0.717) is 12.5 Å². The Morgan fingerprint density at radius 1 is 1.36 bits per heavy atom. The first kappa shape index (κ1) is 8.86. The van der Waals surface area contributed by atoms with E-state index in [1.54, 1.807) is 0 Å². The average Bonchev–Trinajstić information content (AvgIpc) is 2.92. The summed E-state index contributed by atoms with van der Waals surface area (Å²) in [6, 6.07) is 0. The van der Waals surface area contributed by atoms with E-state index >= 15 is 0 Å². The van der Waals surface area contributed by atoms with Gasteiger partial charge in [-0.15, -0.1) is 0 Å². The van der Waals surface area contributed by atoms with E-state index in [2.05, 4.69) is 4.98 Å². The lowest BCUT2D eigenvalue weighted by atomic mass is 10.4. The molecule has 6 nitrogen and oxygen atoms in total. The minimum Gasteiger partial charge on any atom is -0.391 e. The molecule has 0 aliphatic heterocycles. The van der Waals surface area contributed by atoms with Gasteiger partial charge in [-0.3, -0.25) is 14.3 Å². The van der Waals surface area contributed by atoms with Crippen molar-refractivity contribution in [3.8, 4) is 0 Å². The van der Waals surface area contributed by atoms with Crippen molar-refractivity contribution in [2.45, 2.75) is 19.4 Å². The molecular formula is C8H12N4O2. The molecule has 0 amide bonds. The average molecular weight is 196 g/mol. The van der Waals surface area contributed by atoms with Gasteiger partial charge < -0.3 is 11.5 Å². The molecule has 0 radical (unpaired) electrons. The number of aromatic amines is 1. The molecule has 2 rings (SSSR count). The predicted molar refractivity (Wildman–Crippen MR) is 52.9 cm³/mol. The molecule has 1 aliphatic carbocycles. The first-order valence-electron chi connectivity index (χ1n) is 4.47. The van der Waals surface area contributed by atoms with Gasteiger partial charge in [0.25, 0.3) is 5.56 Å². The number of H-pyrrole nitrogens is 1. The Bertz CT molecular complexity index is 469. The van der Waals surface area contributed by atoms with Gasteiger partial charge in [0.1, 0.15) is 11.5 Å². The number of nitrogen functional groups attached to an aromatic ring is 2. The number of nitrogens with two attached hydrogens (primary N) is 2. The summed E-state index contributed by atoms with van der Waals surface area (Å²) < 4.78 is 1.11. The van der Waals surface area contributed by atoms with E-state index in [9.17, 15) is 9.59 Å². The highest BCUT2D eigenvalue weighted by molar-refractivity contribution is 5.55. The Hall–Kier alpha value is -1.72. The lowest BCUT2D eigenvalue weighted by molar-refractivity contribution is 0.578. The molecule has 14 heavy (non-hydrogen) atoms. The number of hydrogen-bond donors (Lipinski definition) is 3. The summed E-state index contributed by atoms with van der Waals surface area (Å²) in [5.74, 6) is 0.392. The zero-order valence-corrected chi connectivity index (χ0v) is 7.62. The van der Waals surface area contributed by atoms with E-state index in [4.69, 9.17) is 11.5 Å². The highest BCUT2D eigenvalue weighted by atomic mass is 16.2. The third kappa shape index (κ3) is 1.39. The molecule has 0 spiro atoms. The van der Waals surface area contributed by atoms with Crippen molar-refractivity contribution in [2.24, 2.45) is 5.92 Å². The third-order valence-corrected chi connectivity index (χ3v) is 2.39. The summed E-state index contributed by atoms with van der Waals surface area (Å²) in [5.41, 5.74) is 9.72. The second-order valence-electron chi connectivity index (χ2n) is 3.62. The van der Waals surface area contributed by atoms with E-state index in [1.807, 2.05) is 0 Å². The normalized spacial score (nSPS) is 15.7. The SMILES string of the molecule is Nc1[nH]c(=O)n(CC2CC2)c(=O)c1N. The van der Waals surface area contributed by atoms with Crippen molar-refractivity contribution in [3.05, 3.63) is 20.8 Å². The van der Waals surface area contributed by atoms with Gasteiger partial charge in [-0.25, -0.2) is 4.79 Å². The molecule has 76 valence electrons. The molecule has 1 aromatic rings. The summed E-state index contributed by atoms with van der Waals surface area (Å²) in [5, 5.41) is 0. The molecule has 1 heterocycles. The van der Waals surface area contributed by atoms with Crippen LogP contribution in [-0.4, -0.2) is 9.55 Å². The molecule has 1 aromatic heterocycles. The van der Waals surface area contributed by atoms with E-state index in [-0.39, 0.29) is 11.5 Å². The second-order valence-corrected chi connectivity index (χ2v) is 3.62. The second kappa shape index (κ2) is 2.90. The molecule has 0 bridgehead atoms. The standard InChI is InChI=1S/C8H12N4O2/c9-5-6(10)11-8(14)12(7(5)13)3-4-1-2-4/h4H,1-3,9-10H2,(H,11,14). The smallest absolute Gasteiger partial charge is 0.330 e. The first-order valence-corrected chi connectivity index (χ1v) is 4.47. The third-order valence-electron chi connectivity index (χ3n) is 2.39. The first-order chi connectivity index (χ1) is 6.59. The number of rotatable bonds is 2. The Kier molecular flexibility index (Phi) is 1.83. The highest BCUT2D eigenvalue weighted by Gasteiger charge is 2.23. The van der Waals surface area contributed by atoms with Gasteiger partial charge in [0.15, 0.2) is 0 Å². The van der Waals surface area contributed by atoms with Crippen LogP contribution in [0.5, 0.6) is 0 Å². The van der Waals surface area contributed by atoms with Gasteiger partial charge in [0, 0.05) is 6.54 Å². The lowest BCUT2D eigenvalue weighted by Crippen LogP contribution is -2.37. The van der Waals surface area contributed by atoms with Gasteiger partial charge in [-0.05, 0) is 18.8 Å². The van der Waals surface area contributed by atoms with Crippen molar-refractivity contribution in [1.29, 1.82) is 0 Å². The fourth-order valence-corrected chi connectivity index (χ4v) is 1.33. The van der Waals surface area contributed by atoms with Crippen LogP contribution in [0.25, 0.3) is 0 Å². The van der Waals surface area contributed by atoms with Crippen molar-refractivity contribution in [2.75, 3.05) is 11.5 Å². The van der Waals surface area contributed by atoms with Gasteiger partial charge in [0.2, 0.25) is 0 Å². The monoisotopic (exact) mass is 196 g/mol. The fourth-order valence-electron chi connectivity index (χ4n) is 1.33. The molecule has 1 fully saturated rings. The number of anilines is 2. The number of aromatic nitrogens is 2. The van der Waals surface area contributed by atoms with Crippen LogP contribution in [0.1, 0.15) is 12.8 Å². The van der Waals surface area contributed by atoms with E-state index in [1.165, 1.54) is 0 Å². The van der Waals surface area contributed by atoms with Gasteiger partial charge in [0.05, 0.1) is 0 Å². The highest BCUT2D eigenvalue weighted by Crippen LogP contribution is 2.29.